The van der Waals surface area contributed by atoms with Gasteiger partial charge in [0.2, 0.25) is 0 Å². The van der Waals surface area contributed by atoms with Gasteiger partial charge >= 0.3 is 0 Å². The molecule has 0 radical (unpaired) electrons. The van der Waals surface area contributed by atoms with Gasteiger partial charge in [0.1, 0.15) is 6.04 Å². The van der Waals surface area contributed by atoms with Gasteiger partial charge in [-0.15, -0.1) is 0 Å². The molecule has 2 rings (SSSR count). The molecular formula is C11H16N4. The van der Waals surface area contributed by atoms with E-state index in [1.54, 1.807) is 6.20 Å². The van der Waals surface area contributed by atoms with Gasteiger partial charge in [0.25, 0.3) is 0 Å². The Bertz CT molecular complexity index is 359. The fraction of sp³-hybridized carbons (Fsp3) is 0.636. The molecule has 4 heteroatoms. The molecule has 15 heavy (non-hydrogen) atoms. The molecule has 1 aromatic heterocycles. The van der Waals surface area contributed by atoms with Gasteiger partial charge in [-0.25, -0.2) is 0 Å². The molecule has 1 aromatic rings. The average Bonchev–Trinajstić information content (AvgIpc) is 2.95. The third-order valence-electron chi connectivity index (χ3n) is 2.55. The normalized spacial score (nSPS) is 17.3. The van der Waals surface area contributed by atoms with E-state index in [1.807, 2.05) is 10.9 Å². The van der Waals surface area contributed by atoms with Crippen LogP contribution in [0.25, 0.3) is 0 Å². The van der Waals surface area contributed by atoms with Gasteiger partial charge in [-0.1, -0.05) is 6.92 Å². The molecule has 1 heterocycles. The van der Waals surface area contributed by atoms with Crippen molar-refractivity contribution in [1.82, 2.24) is 15.1 Å². The Labute approximate surface area is 89.9 Å². The molecule has 1 unspecified atom stereocenters. The zero-order valence-corrected chi connectivity index (χ0v) is 8.98. The molecular weight excluding hydrogens is 188 g/mol. The first kappa shape index (κ1) is 10.2. The summed E-state index contributed by atoms with van der Waals surface area (Å²) in [6, 6.07) is 2.63. The number of rotatable bonds is 5. The molecule has 1 aliphatic rings. The van der Waals surface area contributed by atoms with E-state index in [4.69, 9.17) is 5.26 Å². The summed E-state index contributed by atoms with van der Waals surface area (Å²) in [6.45, 7) is 3.03. The summed E-state index contributed by atoms with van der Waals surface area (Å²) in [5.74, 6) is 0. The van der Waals surface area contributed by atoms with E-state index >= 15 is 0 Å². The van der Waals surface area contributed by atoms with Crippen LogP contribution in [0.1, 0.15) is 37.8 Å². The molecule has 0 aliphatic heterocycles. The minimum Gasteiger partial charge on any atom is -0.295 e. The molecule has 0 bridgehead atoms. The van der Waals surface area contributed by atoms with Crippen molar-refractivity contribution >= 4 is 0 Å². The summed E-state index contributed by atoms with van der Waals surface area (Å²) < 4.78 is 1.90. The number of nitrogens with one attached hydrogen (secondary N) is 1. The number of hydrogen-bond acceptors (Lipinski definition) is 3. The molecule has 0 saturated heterocycles. The summed E-state index contributed by atoms with van der Waals surface area (Å²) in [5, 5.41) is 16.6. The molecule has 1 atom stereocenters. The topological polar surface area (TPSA) is 53.6 Å². The molecule has 0 amide bonds. The second kappa shape index (κ2) is 4.45. The lowest BCUT2D eigenvalue weighted by Gasteiger charge is -2.07. The molecule has 1 N–H and O–H groups in total. The van der Waals surface area contributed by atoms with Gasteiger partial charge < -0.3 is 0 Å². The largest absolute Gasteiger partial charge is 0.295 e. The van der Waals surface area contributed by atoms with Crippen LogP contribution >= 0.6 is 0 Å². The SMILES string of the molecule is CCCn1cc(C(C#N)NC2CC2)cn1. The van der Waals surface area contributed by atoms with Crippen molar-refractivity contribution in [3.63, 3.8) is 0 Å². The van der Waals surface area contributed by atoms with Crippen molar-refractivity contribution < 1.29 is 0 Å². The minimum absolute atomic E-state index is 0.192. The Balaban J connectivity index is 2.01. The van der Waals surface area contributed by atoms with Crippen LogP contribution in [-0.2, 0) is 6.54 Å². The molecule has 80 valence electrons. The van der Waals surface area contributed by atoms with Gasteiger partial charge in [0.05, 0.1) is 12.3 Å². The Morgan fingerprint density at radius 2 is 2.53 bits per heavy atom. The molecule has 0 aromatic carbocycles. The number of hydrogen-bond donors (Lipinski definition) is 1. The average molecular weight is 204 g/mol. The van der Waals surface area contributed by atoms with Crippen LogP contribution in [0.5, 0.6) is 0 Å². The van der Waals surface area contributed by atoms with Crippen molar-refractivity contribution in [2.75, 3.05) is 0 Å². The summed E-state index contributed by atoms with van der Waals surface area (Å²) in [5.41, 5.74) is 0.984. The van der Waals surface area contributed by atoms with Crippen molar-refractivity contribution in [3.05, 3.63) is 18.0 Å². The zero-order chi connectivity index (χ0) is 10.7. The Morgan fingerprint density at radius 1 is 1.73 bits per heavy atom. The second-order valence-electron chi connectivity index (χ2n) is 4.04. The van der Waals surface area contributed by atoms with Crippen LogP contribution in [0.4, 0.5) is 0 Å². The van der Waals surface area contributed by atoms with E-state index in [1.165, 1.54) is 12.8 Å². The summed E-state index contributed by atoms with van der Waals surface area (Å²) in [6.07, 6.45) is 7.21. The van der Waals surface area contributed by atoms with Crippen molar-refractivity contribution in [2.45, 2.75) is 44.8 Å². The highest BCUT2D eigenvalue weighted by Crippen LogP contribution is 2.23. The first-order valence-electron chi connectivity index (χ1n) is 5.51. The van der Waals surface area contributed by atoms with Gasteiger partial charge in [0.15, 0.2) is 0 Å². The molecule has 0 spiro atoms. The summed E-state index contributed by atoms with van der Waals surface area (Å²) >= 11 is 0. The van der Waals surface area contributed by atoms with Crippen molar-refractivity contribution in [2.24, 2.45) is 0 Å². The summed E-state index contributed by atoms with van der Waals surface area (Å²) in [4.78, 5) is 0. The van der Waals surface area contributed by atoms with Crippen LogP contribution in [-0.4, -0.2) is 15.8 Å². The maximum absolute atomic E-state index is 9.05. The number of aryl methyl sites for hydroxylation is 1. The smallest absolute Gasteiger partial charge is 0.124 e. The quantitative estimate of drug-likeness (QED) is 0.792. The predicted molar refractivity (Wildman–Crippen MR) is 57.0 cm³/mol. The maximum Gasteiger partial charge on any atom is 0.124 e. The van der Waals surface area contributed by atoms with Crippen LogP contribution in [0.3, 0.4) is 0 Å². The third-order valence-corrected chi connectivity index (χ3v) is 2.55. The van der Waals surface area contributed by atoms with Crippen LogP contribution in [0, 0.1) is 11.3 Å². The molecule has 1 saturated carbocycles. The highest BCUT2D eigenvalue weighted by atomic mass is 15.3. The number of nitrogens with zero attached hydrogens (tertiary/aromatic N) is 3. The maximum atomic E-state index is 9.05. The standard InChI is InChI=1S/C11H16N4/c1-2-5-15-8-9(7-13-15)11(6-12)14-10-3-4-10/h7-8,10-11,14H,2-5H2,1H3. The monoisotopic (exact) mass is 204 g/mol. The zero-order valence-electron chi connectivity index (χ0n) is 8.98. The summed E-state index contributed by atoms with van der Waals surface area (Å²) in [7, 11) is 0. The van der Waals surface area contributed by atoms with Gasteiger partial charge in [-0.2, -0.15) is 10.4 Å². The minimum atomic E-state index is -0.192. The van der Waals surface area contributed by atoms with Crippen molar-refractivity contribution in [3.8, 4) is 6.07 Å². The highest BCUT2D eigenvalue weighted by molar-refractivity contribution is 5.18. The Kier molecular flexibility index (Phi) is 3.02. The fourth-order valence-electron chi connectivity index (χ4n) is 1.57. The first-order chi connectivity index (χ1) is 7.33. The van der Waals surface area contributed by atoms with Crippen LogP contribution in [0.2, 0.25) is 0 Å². The lowest BCUT2D eigenvalue weighted by Crippen LogP contribution is -2.21. The second-order valence-corrected chi connectivity index (χ2v) is 4.04. The Hall–Kier alpha value is -1.34. The van der Waals surface area contributed by atoms with Gasteiger partial charge in [-0.05, 0) is 19.3 Å². The van der Waals surface area contributed by atoms with Crippen LogP contribution in [0.15, 0.2) is 12.4 Å². The molecule has 1 fully saturated rings. The third kappa shape index (κ3) is 2.57. The van der Waals surface area contributed by atoms with Gasteiger partial charge in [0, 0.05) is 24.3 Å². The Morgan fingerprint density at radius 3 is 3.13 bits per heavy atom. The molecule has 4 nitrogen and oxygen atoms in total. The van der Waals surface area contributed by atoms with E-state index in [-0.39, 0.29) is 6.04 Å². The fourth-order valence-corrected chi connectivity index (χ4v) is 1.57. The highest BCUT2D eigenvalue weighted by Gasteiger charge is 2.25. The van der Waals surface area contributed by atoms with E-state index in [2.05, 4.69) is 23.4 Å². The van der Waals surface area contributed by atoms with Crippen LogP contribution < -0.4 is 5.32 Å². The van der Waals surface area contributed by atoms with E-state index in [9.17, 15) is 0 Å². The van der Waals surface area contributed by atoms with E-state index < -0.39 is 0 Å². The lowest BCUT2D eigenvalue weighted by molar-refractivity contribution is 0.597. The number of aromatic nitrogens is 2. The lowest BCUT2D eigenvalue weighted by atomic mass is 10.2. The van der Waals surface area contributed by atoms with Crippen molar-refractivity contribution in [1.29, 1.82) is 5.26 Å². The molecule has 1 aliphatic carbocycles. The van der Waals surface area contributed by atoms with Gasteiger partial charge in [-0.3, -0.25) is 10.00 Å². The number of nitriles is 1. The van der Waals surface area contributed by atoms with E-state index in [0.29, 0.717) is 6.04 Å². The predicted octanol–water partition coefficient (Wildman–Crippen LogP) is 1.61. The first-order valence-corrected chi connectivity index (χ1v) is 5.51. The van der Waals surface area contributed by atoms with E-state index in [0.717, 1.165) is 18.5 Å².